The van der Waals surface area contributed by atoms with E-state index < -0.39 is 0 Å². The molecule has 0 aliphatic heterocycles. The largest absolute Gasteiger partial charge is 0.331 e. The Kier molecular flexibility index (Phi) is 4.29. The van der Waals surface area contributed by atoms with Crippen LogP contribution < -0.4 is 10.6 Å². The van der Waals surface area contributed by atoms with Crippen LogP contribution in [0.4, 0.5) is 10.5 Å². The van der Waals surface area contributed by atoms with Crippen LogP contribution in [-0.4, -0.2) is 25.4 Å². The van der Waals surface area contributed by atoms with Crippen LogP contribution >= 0.6 is 11.6 Å². The van der Waals surface area contributed by atoms with Crippen molar-refractivity contribution in [3.05, 3.63) is 59.9 Å². The Balaban J connectivity index is 1.72. The maximum absolute atomic E-state index is 12.1. The summed E-state index contributed by atoms with van der Waals surface area (Å²) in [6, 6.07) is 8.76. The van der Waals surface area contributed by atoms with Crippen LogP contribution in [0.25, 0.3) is 5.69 Å². The van der Waals surface area contributed by atoms with E-state index in [1.54, 1.807) is 29.9 Å². The molecular weight excluding hydrogens is 316 g/mol. The van der Waals surface area contributed by atoms with Crippen molar-refractivity contribution in [3.8, 4) is 5.69 Å². The summed E-state index contributed by atoms with van der Waals surface area (Å²) in [5.74, 6) is 0.668. The van der Waals surface area contributed by atoms with Crippen molar-refractivity contribution < 1.29 is 4.79 Å². The van der Waals surface area contributed by atoms with Gasteiger partial charge in [0.25, 0.3) is 0 Å². The summed E-state index contributed by atoms with van der Waals surface area (Å²) >= 11 is 6.06. The summed E-state index contributed by atoms with van der Waals surface area (Å²) in [5, 5.41) is 10.1. The lowest BCUT2D eigenvalue weighted by Crippen LogP contribution is -2.29. The maximum atomic E-state index is 12.1. The van der Waals surface area contributed by atoms with Gasteiger partial charge in [-0.2, -0.15) is 5.10 Å². The van der Waals surface area contributed by atoms with Crippen LogP contribution in [0.5, 0.6) is 0 Å². The van der Waals surface area contributed by atoms with E-state index in [1.165, 1.54) is 6.33 Å². The number of carbonyl (C=O) groups excluding carboxylic acids is 1. The average Bonchev–Trinajstić information content (AvgIpc) is 3.18. The highest BCUT2D eigenvalue weighted by Crippen LogP contribution is 2.24. The third-order valence-electron chi connectivity index (χ3n) is 3.30. The molecule has 0 fully saturated rings. The van der Waals surface area contributed by atoms with Gasteiger partial charge >= 0.3 is 6.03 Å². The predicted molar refractivity (Wildman–Crippen MR) is 87.6 cm³/mol. The van der Waals surface area contributed by atoms with Gasteiger partial charge < -0.3 is 15.2 Å². The monoisotopic (exact) mass is 330 g/mol. The van der Waals surface area contributed by atoms with E-state index >= 15 is 0 Å². The molecule has 0 atom stereocenters. The van der Waals surface area contributed by atoms with Crippen LogP contribution in [0.2, 0.25) is 5.02 Å². The van der Waals surface area contributed by atoms with Gasteiger partial charge in [0, 0.05) is 24.5 Å². The predicted octanol–water partition coefficient (Wildman–Crippen LogP) is 2.58. The lowest BCUT2D eigenvalue weighted by atomic mass is 10.2. The van der Waals surface area contributed by atoms with E-state index in [9.17, 15) is 4.79 Å². The van der Waals surface area contributed by atoms with Gasteiger partial charge in [0.2, 0.25) is 0 Å². The van der Waals surface area contributed by atoms with Crippen molar-refractivity contribution in [3.63, 3.8) is 0 Å². The van der Waals surface area contributed by atoms with Gasteiger partial charge in [-0.15, -0.1) is 0 Å². The molecule has 3 aromatic rings. The number of urea groups is 1. The van der Waals surface area contributed by atoms with E-state index in [1.807, 2.05) is 29.1 Å². The number of rotatable bonds is 4. The topological polar surface area (TPSA) is 76.8 Å². The standard InChI is InChI=1S/C15H15ClN6O/c1-21-14(18-10-19-21)9-17-15(23)20-12-5-4-11(16)8-13(12)22-6-2-3-7-22/h2-8,10H,9H2,1H3,(H2,17,20,23). The number of anilines is 1. The van der Waals surface area contributed by atoms with Gasteiger partial charge in [-0.05, 0) is 30.3 Å². The van der Waals surface area contributed by atoms with E-state index in [0.29, 0.717) is 16.5 Å². The molecule has 3 rings (SSSR count). The Hall–Kier alpha value is -2.80. The highest BCUT2D eigenvalue weighted by molar-refractivity contribution is 6.30. The molecule has 2 N–H and O–H groups in total. The van der Waals surface area contributed by atoms with Crippen LogP contribution in [0.1, 0.15) is 5.82 Å². The fraction of sp³-hybridized carbons (Fsp3) is 0.133. The van der Waals surface area contributed by atoms with Crippen LogP contribution in [0.15, 0.2) is 49.1 Å². The first-order valence-electron chi connectivity index (χ1n) is 6.94. The number of amides is 2. The summed E-state index contributed by atoms with van der Waals surface area (Å²) in [7, 11) is 1.77. The van der Waals surface area contributed by atoms with Gasteiger partial charge in [0.1, 0.15) is 12.2 Å². The molecule has 8 heteroatoms. The van der Waals surface area contributed by atoms with Crippen molar-refractivity contribution in [2.24, 2.45) is 7.05 Å². The molecule has 7 nitrogen and oxygen atoms in total. The van der Waals surface area contributed by atoms with Crippen molar-refractivity contribution >= 4 is 23.3 Å². The minimum atomic E-state index is -0.330. The molecule has 0 saturated carbocycles. The van der Waals surface area contributed by atoms with E-state index in [2.05, 4.69) is 20.7 Å². The molecule has 2 aromatic heterocycles. The molecular formula is C15H15ClN6O. The van der Waals surface area contributed by atoms with E-state index in [0.717, 1.165) is 5.69 Å². The lowest BCUT2D eigenvalue weighted by Gasteiger charge is -2.13. The first-order chi connectivity index (χ1) is 11.1. The van der Waals surface area contributed by atoms with Gasteiger partial charge in [-0.3, -0.25) is 4.68 Å². The molecule has 0 spiro atoms. The number of nitrogens with zero attached hydrogens (tertiary/aromatic N) is 4. The lowest BCUT2D eigenvalue weighted by molar-refractivity contribution is 0.251. The third-order valence-corrected chi connectivity index (χ3v) is 3.54. The number of nitrogens with one attached hydrogen (secondary N) is 2. The zero-order valence-corrected chi connectivity index (χ0v) is 13.2. The number of hydrogen-bond donors (Lipinski definition) is 2. The highest BCUT2D eigenvalue weighted by atomic mass is 35.5. The Morgan fingerprint density at radius 1 is 1.30 bits per heavy atom. The summed E-state index contributed by atoms with van der Waals surface area (Å²) in [5.41, 5.74) is 1.44. The van der Waals surface area contributed by atoms with Crippen molar-refractivity contribution in [2.75, 3.05) is 5.32 Å². The third kappa shape index (κ3) is 3.51. The zero-order valence-electron chi connectivity index (χ0n) is 12.4. The molecule has 2 heterocycles. The van der Waals surface area contributed by atoms with Gasteiger partial charge in [-0.25, -0.2) is 9.78 Å². The number of carbonyl (C=O) groups is 1. The Morgan fingerprint density at radius 2 is 2.09 bits per heavy atom. The fourth-order valence-electron chi connectivity index (χ4n) is 2.13. The molecule has 0 aliphatic carbocycles. The molecule has 0 unspecified atom stereocenters. The van der Waals surface area contributed by atoms with Crippen LogP contribution in [0.3, 0.4) is 0 Å². The van der Waals surface area contributed by atoms with Crippen molar-refractivity contribution in [1.29, 1.82) is 0 Å². The average molecular weight is 331 g/mol. The fourth-order valence-corrected chi connectivity index (χ4v) is 2.29. The van der Waals surface area contributed by atoms with Crippen LogP contribution in [-0.2, 0) is 13.6 Å². The molecule has 0 bridgehead atoms. The Morgan fingerprint density at radius 3 is 2.78 bits per heavy atom. The molecule has 118 valence electrons. The van der Waals surface area contributed by atoms with Crippen molar-refractivity contribution in [1.82, 2.24) is 24.6 Å². The number of hydrogen-bond acceptors (Lipinski definition) is 3. The number of aryl methyl sites for hydroxylation is 1. The maximum Gasteiger partial charge on any atom is 0.319 e. The Bertz CT molecular complexity index is 811. The van der Waals surface area contributed by atoms with Gasteiger partial charge in [0.15, 0.2) is 0 Å². The smallest absolute Gasteiger partial charge is 0.319 e. The summed E-state index contributed by atoms with van der Waals surface area (Å²) in [6.07, 6.45) is 5.21. The number of benzene rings is 1. The molecule has 0 radical (unpaired) electrons. The SMILES string of the molecule is Cn1ncnc1CNC(=O)Nc1ccc(Cl)cc1-n1cccc1. The first kappa shape index (κ1) is 15.1. The second kappa shape index (κ2) is 6.53. The van der Waals surface area contributed by atoms with E-state index in [4.69, 9.17) is 11.6 Å². The molecule has 2 amide bonds. The first-order valence-corrected chi connectivity index (χ1v) is 7.32. The zero-order chi connectivity index (χ0) is 16.2. The highest BCUT2D eigenvalue weighted by Gasteiger charge is 2.09. The molecule has 0 aliphatic rings. The molecule has 23 heavy (non-hydrogen) atoms. The normalized spacial score (nSPS) is 10.5. The molecule has 0 saturated heterocycles. The van der Waals surface area contributed by atoms with E-state index in [-0.39, 0.29) is 12.6 Å². The van der Waals surface area contributed by atoms with Crippen molar-refractivity contribution in [2.45, 2.75) is 6.54 Å². The number of halogens is 1. The van der Waals surface area contributed by atoms with Gasteiger partial charge in [0.05, 0.1) is 17.9 Å². The second-order valence-corrected chi connectivity index (χ2v) is 5.30. The molecule has 1 aromatic carbocycles. The Labute approximate surface area is 137 Å². The summed E-state index contributed by atoms with van der Waals surface area (Å²) in [6.45, 7) is 0.286. The number of aromatic nitrogens is 4. The minimum absolute atomic E-state index is 0.286. The van der Waals surface area contributed by atoms with Gasteiger partial charge in [-0.1, -0.05) is 11.6 Å². The minimum Gasteiger partial charge on any atom is -0.331 e. The summed E-state index contributed by atoms with van der Waals surface area (Å²) in [4.78, 5) is 16.2. The van der Waals surface area contributed by atoms with Crippen LogP contribution in [0, 0.1) is 0 Å². The quantitative estimate of drug-likeness (QED) is 0.772. The summed E-state index contributed by atoms with van der Waals surface area (Å²) < 4.78 is 3.48. The second-order valence-electron chi connectivity index (χ2n) is 4.86.